The summed E-state index contributed by atoms with van der Waals surface area (Å²) in [6.45, 7) is 2.93. The molecule has 1 aromatic carbocycles. The lowest BCUT2D eigenvalue weighted by atomic mass is 9.97. The first-order valence-electron chi connectivity index (χ1n) is 6.28. The molecule has 2 rings (SSSR count). The molecule has 4 nitrogen and oxygen atoms in total. The highest BCUT2D eigenvalue weighted by molar-refractivity contribution is 14.1. The van der Waals surface area contributed by atoms with Gasteiger partial charge in [-0.25, -0.2) is 0 Å². The van der Waals surface area contributed by atoms with Crippen LogP contribution in [0.2, 0.25) is 0 Å². The van der Waals surface area contributed by atoms with Gasteiger partial charge in [-0.05, 0) is 54.0 Å². The van der Waals surface area contributed by atoms with Crippen LogP contribution in [0.15, 0.2) is 18.2 Å². The average Bonchev–Trinajstić information content (AvgIpc) is 2.41. The van der Waals surface area contributed by atoms with Crippen molar-refractivity contribution in [1.82, 2.24) is 4.90 Å². The molecule has 1 heterocycles. The van der Waals surface area contributed by atoms with E-state index >= 15 is 0 Å². The van der Waals surface area contributed by atoms with Crippen LogP contribution in [-0.2, 0) is 4.79 Å². The van der Waals surface area contributed by atoms with Gasteiger partial charge in [0.1, 0.15) is 0 Å². The smallest absolute Gasteiger partial charge is 0.308 e. The summed E-state index contributed by atoms with van der Waals surface area (Å²) >= 11 is 2.17. The Morgan fingerprint density at radius 2 is 2.16 bits per heavy atom. The Morgan fingerprint density at radius 3 is 2.84 bits per heavy atom. The molecule has 0 bridgehead atoms. The van der Waals surface area contributed by atoms with Crippen LogP contribution in [0.4, 0.5) is 0 Å². The number of carboxylic acid groups (broad SMARTS) is 1. The molecular formula is C14H16INO3. The second-order valence-corrected chi connectivity index (χ2v) is 5.94. The number of hydrogen-bond donors (Lipinski definition) is 1. The third-order valence-electron chi connectivity index (χ3n) is 3.48. The van der Waals surface area contributed by atoms with Gasteiger partial charge < -0.3 is 10.0 Å². The molecule has 0 spiro atoms. The van der Waals surface area contributed by atoms with Gasteiger partial charge in [0.05, 0.1) is 11.5 Å². The fourth-order valence-electron chi connectivity index (χ4n) is 2.35. The molecule has 19 heavy (non-hydrogen) atoms. The summed E-state index contributed by atoms with van der Waals surface area (Å²) in [4.78, 5) is 25.2. The first kappa shape index (κ1) is 14.3. The predicted octanol–water partition coefficient (Wildman–Crippen LogP) is 2.54. The van der Waals surface area contributed by atoms with E-state index in [2.05, 4.69) is 22.6 Å². The van der Waals surface area contributed by atoms with Gasteiger partial charge in [0, 0.05) is 16.7 Å². The van der Waals surface area contributed by atoms with Crippen LogP contribution >= 0.6 is 22.6 Å². The number of carboxylic acids is 1. The zero-order valence-electron chi connectivity index (χ0n) is 10.7. The number of benzene rings is 1. The van der Waals surface area contributed by atoms with Crippen molar-refractivity contribution in [3.8, 4) is 0 Å². The topological polar surface area (TPSA) is 57.6 Å². The van der Waals surface area contributed by atoms with Gasteiger partial charge in [0.2, 0.25) is 0 Å². The Morgan fingerprint density at radius 1 is 1.42 bits per heavy atom. The fourth-order valence-corrected chi connectivity index (χ4v) is 2.94. The molecule has 1 aliphatic heterocycles. The van der Waals surface area contributed by atoms with E-state index in [1.54, 1.807) is 4.90 Å². The minimum absolute atomic E-state index is 0.0564. The molecule has 1 aliphatic rings. The van der Waals surface area contributed by atoms with E-state index in [1.807, 2.05) is 25.1 Å². The molecule has 5 heteroatoms. The van der Waals surface area contributed by atoms with E-state index in [9.17, 15) is 9.59 Å². The highest BCUT2D eigenvalue weighted by Gasteiger charge is 2.29. The monoisotopic (exact) mass is 373 g/mol. The number of rotatable bonds is 2. The Labute approximate surface area is 125 Å². The molecule has 1 aromatic rings. The van der Waals surface area contributed by atoms with Crippen molar-refractivity contribution in [2.75, 3.05) is 13.1 Å². The SMILES string of the molecule is Cc1cccc(C(=O)N2CCCC(C(=O)O)C2)c1I. The molecule has 0 aliphatic carbocycles. The lowest BCUT2D eigenvalue weighted by Gasteiger charge is -2.31. The predicted molar refractivity (Wildman–Crippen MR) is 80.2 cm³/mol. The van der Waals surface area contributed by atoms with E-state index in [4.69, 9.17) is 5.11 Å². The lowest BCUT2D eigenvalue weighted by molar-refractivity contribution is -0.143. The number of piperidine rings is 1. The highest BCUT2D eigenvalue weighted by atomic mass is 127. The van der Waals surface area contributed by atoms with Crippen LogP contribution in [0.3, 0.4) is 0 Å². The van der Waals surface area contributed by atoms with Crippen molar-refractivity contribution in [3.63, 3.8) is 0 Å². The number of nitrogens with zero attached hydrogens (tertiary/aromatic N) is 1. The molecule has 1 unspecified atom stereocenters. The first-order chi connectivity index (χ1) is 9.00. The van der Waals surface area contributed by atoms with Crippen molar-refractivity contribution in [2.45, 2.75) is 19.8 Å². The van der Waals surface area contributed by atoms with Crippen LogP contribution < -0.4 is 0 Å². The van der Waals surface area contributed by atoms with E-state index in [0.717, 1.165) is 15.6 Å². The number of carbonyl (C=O) groups is 2. The summed E-state index contributed by atoms with van der Waals surface area (Å²) in [5.74, 6) is -1.30. The molecule has 0 aromatic heterocycles. The molecule has 102 valence electrons. The second kappa shape index (κ2) is 5.90. The number of aryl methyl sites for hydroxylation is 1. The van der Waals surface area contributed by atoms with Gasteiger partial charge in [-0.1, -0.05) is 12.1 Å². The van der Waals surface area contributed by atoms with Gasteiger partial charge in [0.15, 0.2) is 0 Å². The number of amides is 1. The Balaban J connectivity index is 2.19. The van der Waals surface area contributed by atoms with Gasteiger partial charge >= 0.3 is 5.97 Å². The van der Waals surface area contributed by atoms with Crippen molar-refractivity contribution >= 4 is 34.5 Å². The summed E-state index contributed by atoms with van der Waals surface area (Å²) in [5, 5.41) is 9.07. The second-order valence-electron chi connectivity index (χ2n) is 4.87. The lowest BCUT2D eigenvalue weighted by Crippen LogP contribution is -2.42. The maximum Gasteiger partial charge on any atom is 0.308 e. The van der Waals surface area contributed by atoms with E-state index in [0.29, 0.717) is 25.1 Å². The van der Waals surface area contributed by atoms with Crippen molar-refractivity contribution < 1.29 is 14.7 Å². The van der Waals surface area contributed by atoms with Gasteiger partial charge in [0.25, 0.3) is 5.91 Å². The van der Waals surface area contributed by atoms with E-state index in [1.165, 1.54) is 0 Å². The summed E-state index contributed by atoms with van der Waals surface area (Å²) in [7, 11) is 0. The van der Waals surface area contributed by atoms with Gasteiger partial charge in [-0.3, -0.25) is 9.59 Å². The third-order valence-corrected chi connectivity index (χ3v) is 4.91. The Hall–Kier alpha value is -1.11. The summed E-state index contributed by atoms with van der Waals surface area (Å²) in [5.41, 5.74) is 1.74. The Bertz CT molecular complexity index is 515. The van der Waals surface area contributed by atoms with Crippen molar-refractivity contribution in [1.29, 1.82) is 0 Å². The van der Waals surface area contributed by atoms with Crippen LogP contribution in [-0.4, -0.2) is 35.0 Å². The van der Waals surface area contributed by atoms with Crippen LogP contribution in [0, 0.1) is 16.4 Å². The molecular weight excluding hydrogens is 357 g/mol. The maximum atomic E-state index is 12.5. The zero-order valence-corrected chi connectivity index (χ0v) is 12.9. The van der Waals surface area contributed by atoms with Crippen LogP contribution in [0.1, 0.15) is 28.8 Å². The average molecular weight is 373 g/mol. The van der Waals surface area contributed by atoms with E-state index in [-0.39, 0.29) is 5.91 Å². The quantitative estimate of drug-likeness (QED) is 0.811. The maximum absolute atomic E-state index is 12.5. The van der Waals surface area contributed by atoms with E-state index < -0.39 is 11.9 Å². The fraction of sp³-hybridized carbons (Fsp3) is 0.429. The van der Waals surface area contributed by atoms with Gasteiger partial charge in [-0.15, -0.1) is 0 Å². The minimum atomic E-state index is -0.809. The number of hydrogen-bond acceptors (Lipinski definition) is 2. The molecule has 1 atom stereocenters. The number of likely N-dealkylation sites (tertiary alicyclic amines) is 1. The number of aliphatic carboxylic acids is 1. The molecule has 0 saturated carbocycles. The van der Waals surface area contributed by atoms with Crippen LogP contribution in [0.5, 0.6) is 0 Å². The molecule has 0 radical (unpaired) electrons. The molecule has 1 saturated heterocycles. The summed E-state index contributed by atoms with van der Waals surface area (Å²) in [6, 6.07) is 5.64. The number of carbonyl (C=O) groups excluding carboxylic acids is 1. The third kappa shape index (κ3) is 3.08. The van der Waals surface area contributed by atoms with Crippen LogP contribution in [0.25, 0.3) is 0 Å². The van der Waals surface area contributed by atoms with Crippen molar-refractivity contribution in [3.05, 3.63) is 32.9 Å². The summed E-state index contributed by atoms with van der Waals surface area (Å²) < 4.78 is 0.947. The molecule has 1 amide bonds. The zero-order chi connectivity index (χ0) is 14.0. The normalized spacial score (nSPS) is 19.3. The molecule has 1 fully saturated rings. The Kier molecular flexibility index (Phi) is 4.44. The number of halogens is 1. The van der Waals surface area contributed by atoms with Gasteiger partial charge in [-0.2, -0.15) is 0 Å². The summed E-state index contributed by atoms with van der Waals surface area (Å²) in [6.07, 6.45) is 1.41. The largest absolute Gasteiger partial charge is 0.481 e. The highest BCUT2D eigenvalue weighted by Crippen LogP contribution is 2.22. The first-order valence-corrected chi connectivity index (χ1v) is 7.35. The molecule has 1 N–H and O–H groups in total. The minimum Gasteiger partial charge on any atom is -0.481 e. The standard InChI is InChI=1S/C14H16INO3/c1-9-4-2-6-11(12(9)15)13(17)16-7-3-5-10(8-16)14(18)19/h2,4,6,10H,3,5,7-8H2,1H3,(H,18,19). The van der Waals surface area contributed by atoms with Crippen molar-refractivity contribution in [2.24, 2.45) is 5.92 Å².